The molecule has 0 aromatic heterocycles. The topological polar surface area (TPSA) is 105 Å². The fraction of sp³-hybridized carbons (Fsp3) is 0.0968. The average Bonchev–Trinajstić information content (AvgIpc) is 3.41. The molecule has 0 aliphatic carbocycles. The van der Waals surface area contributed by atoms with E-state index in [1.165, 1.54) is 84.9 Å². The van der Waals surface area contributed by atoms with Gasteiger partial charge in [-0.25, -0.2) is 19.2 Å². The molecule has 0 fully saturated rings. The summed E-state index contributed by atoms with van der Waals surface area (Å²) in [4.78, 5) is 46.8. The third-order valence-corrected chi connectivity index (χ3v) is 7.13. The molecular formula is C31H17F3O8. The van der Waals surface area contributed by atoms with Crippen molar-refractivity contribution in [3.63, 3.8) is 0 Å². The number of fused-ring (bicyclic) bond motifs is 2. The molecule has 4 aromatic rings. The third kappa shape index (κ3) is 4.44. The van der Waals surface area contributed by atoms with Crippen molar-refractivity contribution in [2.75, 3.05) is 0 Å². The molecule has 0 N–H and O–H groups in total. The quantitative estimate of drug-likeness (QED) is 0.184. The molecule has 0 radical (unpaired) electrons. The summed E-state index contributed by atoms with van der Waals surface area (Å²) in [6.07, 6.45) is -4.68. The van der Waals surface area contributed by atoms with E-state index in [-0.39, 0.29) is 56.4 Å². The highest BCUT2D eigenvalue weighted by Crippen LogP contribution is 2.47. The van der Waals surface area contributed by atoms with Crippen LogP contribution in [-0.4, -0.2) is 30.1 Å². The zero-order valence-electron chi connectivity index (χ0n) is 21.5. The normalized spacial score (nSPS) is 14.3. The van der Waals surface area contributed by atoms with Crippen LogP contribution in [0.15, 0.2) is 84.9 Å². The molecule has 0 atom stereocenters. The van der Waals surface area contributed by atoms with E-state index in [1.54, 1.807) is 0 Å². The number of alkyl halides is 3. The zero-order valence-corrected chi connectivity index (χ0v) is 21.5. The largest absolute Gasteiger partial charge is 0.457 e. The minimum absolute atomic E-state index is 0.0416. The van der Waals surface area contributed by atoms with Crippen LogP contribution in [0.2, 0.25) is 0 Å². The van der Waals surface area contributed by atoms with E-state index in [2.05, 4.69) is 9.47 Å². The number of hydrogen-bond acceptors (Lipinski definition) is 8. The van der Waals surface area contributed by atoms with Crippen molar-refractivity contribution in [3.8, 4) is 23.0 Å². The van der Waals surface area contributed by atoms with Crippen LogP contribution < -0.4 is 9.47 Å². The van der Waals surface area contributed by atoms with Crippen LogP contribution in [-0.2, 0) is 14.9 Å². The molecule has 4 aromatic carbocycles. The van der Waals surface area contributed by atoms with Gasteiger partial charge in [0.25, 0.3) is 0 Å². The van der Waals surface area contributed by atoms with Gasteiger partial charge in [-0.15, -0.1) is 0 Å². The number of carbonyl (C=O) groups is 4. The summed E-state index contributed by atoms with van der Waals surface area (Å²) in [5, 5.41) is 0. The Morgan fingerprint density at radius 2 is 0.833 bits per heavy atom. The highest BCUT2D eigenvalue weighted by Gasteiger charge is 2.53. The van der Waals surface area contributed by atoms with E-state index in [1.807, 2.05) is 0 Å². The Bertz CT molecular complexity index is 1670. The van der Waals surface area contributed by atoms with E-state index in [9.17, 15) is 32.3 Å². The first kappa shape index (κ1) is 26.8. The van der Waals surface area contributed by atoms with Crippen molar-refractivity contribution >= 4 is 23.9 Å². The first-order chi connectivity index (χ1) is 19.9. The van der Waals surface area contributed by atoms with Gasteiger partial charge in [-0.05, 0) is 78.7 Å². The second-order valence-corrected chi connectivity index (χ2v) is 9.64. The molecule has 2 aliphatic rings. The minimum Gasteiger partial charge on any atom is -0.457 e. The molecule has 8 nitrogen and oxygen atoms in total. The predicted molar refractivity (Wildman–Crippen MR) is 138 cm³/mol. The molecule has 2 aliphatic heterocycles. The van der Waals surface area contributed by atoms with Crippen molar-refractivity contribution in [1.82, 2.24) is 0 Å². The lowest BCUT2D eigenvalue weighted by molar-refractivity contribution is -0.173. The van der Waals surface area contributed by atoms with Crippen LogP contribution in [0.4, 0.5) is 13.2 Å². The minimum atomic E-state index is -4.68. The van der Waals surface area contributed by atoms with Crippen molar-refractivity contribution in [3.05, 3.63) is 118 Å². The van der Waals surface area contributed by atoms with E-state index >= 15 is 0 Å². The lowest BCUT2D eigenvalue weighted by atomic mass is 9.75. The Kier molecular flexibility index (Phi) is 6.10. The van der Waals surface area contributed by atoms with Crippen LogP contribution in [0.1, 0.15) is 59.5 Å². The molecule has 6 rings (SSSR count). The Morgan fingerprint density at radius 3 is 1.19 bits per heavy atom. The molecular weight excluding hydrogens is 557 g/mol. The van der Waals surface area contributed by atoms with E-state index in [0.717, 1.165) is 6.92 Å². The van der Waals surface area contributed by atoms with Gasteiger partial charge in [0.2, 0.25) is 0 Å². The summed E-state index contributed by atoms with van der Waals surface area (Å²) in [6, 6.07) is 19.0. The number of ether oxygens (including phenoxy) is 4. The lowest BCUT2D eigenvalue weighted by Gasteiger charge is -2.33. The van der Waals surface area contributed by atoms with Gasteiger partial charge in [-0.3, -0.25) is 0 Å². The average molecular weight is 574 g/mol. The maximum absolute atomic E-state index is 14.6. The van der Waals surface area contributed by atoms with Gasteiger partial charge in [0.15, 0.2) is 0 Å². The molecule has 0 amide bonds. The number of carbonyl (C=O) groups excluding carboxylic acids is 4. The standard InChI is InChI=1S/C31H17F3O8/c1-30(31(32,33)34,16-2-6-18(7-3-16)39-20-10-12-22-24(14-20)28(37)41-26(22)35)17-4-8-19(9-5-17)40-21-11-13-23-25(15-21)29(38)42-27(23)36/h2-15H,1H3. The number of cyclic esters (lactones) is 4. The Labute approximate surface area is 235 Å². The van der Waals surface area contributed by atoms with E-state index < -0.39 is 35.5 Å². The summed E-state index contributed by atoms with van der Waals surface area (Å²) in [6.45, 7) is 1.06. The second-order valence-electron chi connectivity index (χ2n) is 9.64. The SMILES string of the molecule is CC(c1ccc(Oc2ccc3c(c2)C(=O)OC3=O)cc1)(c1ccc(Oc2ccc3c(c2)C(=O)OC3=O)cc1)C(F)(F)F. The molecule has 42 heavy (non-hydrogen) atoms. The Balaban J connectivity index is 1.23. The van der Waals surface area contributed by atoms with E-state index in [0.29, 0.717) is 0 Å². The highest BCUT2D eigenvalue weighted by molar-refractivity contribution is 6.15. The maximum atomic E-state index is 14.6. The molecule has 11 heteroatoms. The molecule has 0 saturated heterocycles. The number of rotatable bonds is 6. The van der Waals surface area contributed by atoms with Gasteiger partial charge in [0.05, 0.1) is 22.3 Å². The van der Waals surface area contributed by atoms with Gasteiger partial charge < -0.3 is 18.9 Å². The fourth-order valence-electron chi connectivity index (χ4n) is 4.73. The van der Waals surface area contributed by atoms with Crippen LogP contribution in [0.5, 0.6) is 23.0 Å². The van der Waals surface area contributed by atoms with Gasteiger partial charge >= 0.3 is 30.1 Å². The van der Waals surface area contributed by atoms with Crippen LogP contribution in [0.25, 0.3) is 0 Å². The van der Waals surface area contributed by atoms with Crippen molar-refractivity contribution in [2.24, 2.45) is 0 Å². The monoisotopic (exact) mass is 574 g/mol. The predicted octanol–water partition coefficient (Wildman–Crippen LogP) is 6.76. The first-order valence-corrected chi connectivity index (χ1v) is 12.4. The Morgan fingerprint density at radius 1 is 0.500 bits per heavy atom. The Hall–Kier alpha value is -5.45. The van der Waals surface area contributed by atoms with E-state index in [4.69, 9.17) is 9.47 Å². The summed E-state index contributed by atoms with van der Waals surface area (Å²) in [5.74, 6) is -2.30. The molecule has 0 unspecified atom stereocenters. The number of esters is 4. The molecule has 0 spiro atoms. The maximum Gasteiger partial charge on any atom is 0.402 e. The smallest absolute Gasteiger partial charge is 0.402 e. The van der Waals surface area contributed by atoms with Crippen LogP contribution in [0, 0.1) is 0 Å². The fourth-order valence-corrected chi connectivity index (χ4v) is 4.73. The van der Waals surface area contributed by atoms with Gasteiger partial charge in [-0.2, -0.15) is 13.2 Å². The molecule has 2 heterocycles. The third-order valence-electron chi connectivity index (χ3n) is 7.13. The molecule has 210 valence electrons. The van der Waals surface area contributed by atoms with Crippen LogP contribution in [0.3, 0.4) is 0 Å². The summed E-state index contributed by atoms with van der Waals surface area (Å²) in [5.41, 5.74) is -2.22. The van der Waals surface area contributed by atoms with Crippen molar-refractivity contribution in [1.29, 1.82) is 0 Å². The summed E-state index contributed by atoms with van der Waals surface area (Å²) in [7, 11) is 0. The first-order valence-electron chi connectivity index (χ1n) is 12.4. The molecule has 0 bridgehead atoms. The number of halogens is 3. The number of benzene rings is 4. The van der Waals surface area contributed by atoms with Crippen molar-refractivity contribution in [2.45, 2.75) is 18.5 Å². The molecule has 0 saturated carbocycles. The zero-order chi connectivity index (χ0) is 29.8. The van der Waals surface area contributed by atoms with Gasteiger partial charge in [-0.1, -0.05) is 24.3 Å². The van der Waals surface area contributed by atoms with Gasteiger partial charge in [0.1, 0.15) is 28.4 Å². The highest BCUT2D eigenvalue weighted by atomic mass is 19.4. The second kappa shape index (κ2) is 9.58. The van der Waals surface area contributed by atoms with Crippen molar-refractivity contribution < 1.29 is 51.3 Å². The summed E-state index contributed by atoms with van der Waals surface area (Å²) < 4.78 is 64.2. The number of hydrogen-bond donors (Lipinski definition) is 0. The van der Waals surface area contributed by atoms with Crippen LogP contribution >= 0.6 is 0 Å². The van der Waals surface area contributed by atoms with Gasteiger partial charge in [0, 0.05) is 0 Å². The summed E-state index contributed by atoms with van der Waals surface area (Å²) >= 11 is 0. The lowest BCUT2D eigenvalue weighted by Crippen LogP contribution is -2.40.